The summed E-state index contributed by atoms with van der Waals surface area (Å²) in [5.41, 5.74) is 0.824. The third-order valence-corrected chi connectivity index (χ3v) is 2.52. The van der Waals surface area contributed by atoms with Crippen molar-refractivity contribution in [2.24, 2.45) is 7.05 Å². The second-order valence-corrected chi connectivity index (χ2v) is 3.93. The van der Waals surface area contributed by atoms with E-state index < -0.39 is 0 Å². The maximum atomic E-state index is 11.8. The van der Waals surface area contributed by atoms with Gasteiger partial charge in [-0.25, -0.2) is 4.98 Å². The maximum Gasteiger partial charge on any atom is 0.257 e. The van der Waals surface area contributed by atoms with Crippen LogP contribution in [0, 0.1) is 6.92 Å². The lowest BCUT2D eigenvalue weighted by Crippen LogP contribution is -2.29. The molecule has 0 unspecified atom stereocenters. The number of hydrogen-bond donors (Lipinski definition) is 0. The van der Waals surface area contributed by atoms with Gasteiger partial charge in [-0.05, 0) is 26.9 Å². The molecule has 0 fully saturated rings. The van der Waals surface area contributed by atoms with E-state index in [0.717, 1.165) is 24.4 Å². The van der Waals surface area contributed by atoms with Crippen molar-refractivity contribution in [3.63, 3.8) is 0 Å². The quantitative estimate of drug-likeness (QED) is 0.740. The Kier molecular flexibility index (Phi) is 4.03. The summed E-state index contributed by atoms with van der Waals surface area (Å²) >= 11 is 0. The molecule has 1 heterocycles. The molecule has 0 aliphatic heterocycles. The monoisotopic (exact) mass is 209 g/mol. The zero-order valence-electron chi connectivity index (χ0n) is 9.95. The molecule has 0 saturated carbocycles. The van der Waals surface area contributed by atoms with E-state index in [1.54, 1.807) is 17.8 Å². The van der Waals surface area contributed by atoms with Crippen molar-refractivity contribution in [1.82, 2.24) is 14.5 Å². The van der Waals surface area contributed by atoms with Crippen LogP contribution in [0.1, 0.15) is 24.7 Å². The van der Waals surface area contributed by atoms with Crippen LogP contribution in [0.2, 0.25) is 0 Å². The van der Waals surface area contributed by atoms with Crippen molar-refractivity contribution in [3.8, 4) is 0 Å². The number of hydrogen-bond acceptors (Lipinski definition) is 3. The Morgan fingerprint density at radius 2 is 2.20 bits per heavy atom. The first-order valence-electron chi connectivity index (χ1n) is 5.26. The molecule has 0 aliphatic rings. The molecule has 0 spiro atoms. The minimum Gasteiger partial charge on any atom is -0.302 e. The van der Waals surface area contributed by atoms with Gasteiger partial charge >= 0.3 is 0 Å². The van der Waals surface area contributed by atoms with Gasteiger partial charge in [0, 0.05) is 25.4 Å². The van der Waals surface area contributed by atoms with E-state index in [1.807, 2.05) is 14.0 Å². The SMILES string of the molecule is CCCN(C)Cc1cnc(C)n(C)c1=O. The van der Waals surface area contributed by atoms with Gasteiger partial charge in [0.25, 0.3) is 5.56 Å². The summed E-state index contributed by atoms with van der Waals surface area (Å²) in [4.78, 5) is 18.1. The molecule has 0 aromatic carbocycles. The van der Waals surface area contributed by atoms with Crippen LogP contribution in [0.5, 0.6) is 0 Å². The highest BCUT2D eigenvalue weighted by Gasteiger charge is 2.06. The third kappa shape index (κ3) is 2.89. The Labute approximate surface area is 90.6 Å². The zero-order valence-corrected chi connectivity index (χ0v) is 9.95. The Balaban J connectivity index is 2.87. The molecule has 4 nitrogen and oxygen atoms in total. The van der Waals surface area contributed by atoms with E-state index in [-0.39, 0.29) is 5.56 Å². The van der Waals surface area contributed by atoms with Gasteiger partial charge in [0.05, 0.1) is 0 Å². The predicted octanol–water partition coefficient (Wildman–Crippen LogP) is 0.931. The van der Waals surface area contributed by atoms with Gasteiger partial charge in [-0.15, -0.1) is 0 Å². The Hall–Kier alpha value is -1.16. The first kappa shape index (κ1) is 11.9. The van der Waals surface area contributed by atoms with Crippen molar-refractivity contribution >= 4 is 0 Å². The minimum absolute atomic E-state index is 0.0606. The van der Waals surface area contributed by atoms with E-state index in [2.05, 4.69) is 16.8 Å². The number of nitrogens with zero attached hydrogens (tertiary/aromatic N) is 3. The molecule has 0 N–H and O–H groups in total. The lowest BCUT2D eigenvalue weighted by molar-refractivity contribution is 0.324. The fourth-order valence-electron chi connectivity index (χ4n) is 1.54. The standard InChI is InChI=1S/C11H19N3O/c1-5-6-13(3)8-10-7-12-9(2)14(4)11(10)15/h7H,5-6,8H2,1-4H3. The van der Waals surface area contributed by atoms with E-state index >= 15 is 0 Å². The molecule has 0 bridgehead atoms. The molecule has 0 saturated heterocycles. The Bertz CT molecular complexity index is 384. The Morgan fingerprint density at radius 3 is 2.80 bits per heavy atom. The average Bonchev–Trinajstić information content (AvgIpc) is 2.20. The van der Waals surface area contributed by atoms with Gasteiger partial charge in [0.1, 0.15) is 5.82 Å². The molecule has 0 radical (unpaired) electrons. The minimum atomic E-state index is 0.0606. The molecule has 84 valence electrons. The molecular formula is C11H19N3O. The molecular weight excluding hydrogens is 190 g/mol. The summed E-state index contributed by atoms with van der Waals surface area (Å²) in [6, 6.07) is 0. The molecule has 1 rings (SSSR count). The van der Waals surface area contributed by atoms with E-state index in [4.69, 9.17) is 0 Å². The van der Waals surface area contributed by atoms with E-state index in [1.165, 1.54) is 0 Å². The van der Waals surface area contributed by atoms with Gasteiger partial charge in [-0.3, -0.25) is 9.36 Å². The lowest BCUT2D eigenvalue weighted by atomic mass is 10.3. The molecule has 15 heavy (non-hydrogen) atoms. The first-order chi connectivity index (χ1) is 7.06. The summed E-state index contributed by atoms with van der Waals surface area (Å²) in [5.74, 6) is 0.752. The molecule has 4 heteroatoms. The van der Waals surface area contributed by atoms with Crippen LogP contribution >= 0.6 is 0 Å². The van der Waals surface area contributed by atoms with Gasteiger partial charge in [-0.1, -0.05) is 6.92 Å². The fourth-order valence-corrected chi connectivity index (χ4v) is 1.54. The average molecular weight is 209 g/mol. The summed E-state index contributed by atoms with van der Waals surface area (Å²) in [5, 5.41) is 0. The topological polar surface area (TPSA) is 38.1 Å². The third-order valence-electron chi connectivity index (χ3n) is 2.52. The number of aromatic nitrogens is 2. The second-order valence-electron chi connectivity index (χ2n) is 3.93. The summed E-state index contributed by atoms with van der Waals surface area (Å²) < 4.78 is 1.59. The van der Waals surface area contributed by atoms with Crippen LogP contribution in [-0.4, -0.2) is 28.0 Å². The van der Waals surface area contributed by atoms with Gasteiger partial charge in [-0.2, -0.15) is 0 Å². The zero-order chi connectivity index (χ0) is 11.4. The fraction of sp³-hybridized carbons (Fsp3) is 0.636. The number of aryl methyl sites for hydroxylation is 1. The van der Waals surface area contributed by atoms with Crippen LogP contribution in [0.4, 0.5) is 0 Å². The van der Waals surface area contributed by atoms with Crippen molar-refractivity contribution in [2.75, 3.05) is 13.6 Å². The van der Waals surface area contributed by atoms with Gasteiger partial charge in [0.15, 0.2) is 0 Å². The normalized spacial score (nSPS) is 11.0. The van der Waals surface area contributed by atoms with Crippen LogP contribution < -0.4 is 5.56 Å². The van der Waals surface area contributed by atoms with E-state index in [0.29, 0.717) is 6.54 Å². The second kappa shape index (κ2) is 5.07. The van der Waals surface area contributed by atoms with Crippen LogP contribution in [-0.2, 0) is 13.6 Å². The van der Waals surface area contributed by atoms with Crippen molar-refractivity contribution in [2.45, 2.75) is 26.8 Å². The lowest BCUT2D eigenvalue weighted by Gasteiger charge is -2.15. The van der Waals surface area contributed by atoms with Crippen LogP contribution in [0.3, 0.4) is 0 Å². The molecule has 0 amide bonds. The molecule has 1 aromatic heterocycles. The van der Waals surface area contributed by atoms with Crippen molar-refractivity contribution < 1.29 is 0 Å². The van der Waals surface area contributed by atoms with Crippen molar-refractivity contribution in [3.05, 3.63) is 27.9 Å². The maximum absolute atomic E-state index is 11.8. The largest absolute Gasteiger partial charge is 0.302 e. The highest BCUT2D eigenvalue weighted by atomic mass is 16.1. The first-order valence-corrected chi connectivity index (χ1v) is 5.26. The molecule has 0 aliphatic carbocycles. The predicted molar refractivity (Wildman–Crippen MR) is 60.8 cm³/mol. The van der Waals surface area contributed by atoms with Gasteiger partial charge in [0.2, 0.25) is 0 Å². The van der Waals surface area contributed by atoms with E-state index in [9.17, 15) is 4.79 Å². The van der Waals surface area contributed by atoms with Crippen molar-refractivity contribution in [1.29, 1.82) is 0 Å². The molecule has 0 atom stereocenters. The van der Waals surface area contributed by atoms with Crippen LogP contribution in [0.15, 0.2) is 11.0 Å². The van der Waals surface area contributed by atoms with Crippen LogP contribution in [0.25, 0.3) is 0 Å². The van der Waals surface area contributed by atoms with Gasteiger partial charge < -0.3 is 4.90 Å². The Morgan fingerprint density at radius 1 is 1.53 bits per heavy atom. The smallest absolute Gasteiger partial charge is 0.257 e. The summed E-state index contributed by atoms with van der Waals surface area (Å²) in [6.07, 6.45) is 2.78. The highest BCUT2D eigenvalue weighted by molar-refractivity contribution is 5.06. The number of rotatable bonds is 4. The molecule has 1 aromatic rings. The highest BCUT2D eigenvalue weighted by Crippen LogP contribution is 1.97. The summed E-state index contributed by atoms with van der Waals surface area (Å²) in [7, 11) is 3.77. The summed E-state index contributed by atoms with van der Waals surface area (Å²) in [6.45, 7) is 5.63.